The van der Waals surface area contributed by atoms with Gasteiger partial charge in [-0.15, -0.1) is 0 Å². The summed E-state index contributed by atoms with van der Waals surface area (Å²) in [6, 6.07) is 9.24. The van der Waals surface area contributed by atoms with Gasteiger partial charge in [-0.05, 0) is 56.5 Å². The minimum atomic E-state index is -1.10. The molecule has 1 aliphatic carbocycles. The Hall–Kier alpha value is -3.47. The highest BCUT2D eigenvalue weighted by molar-refractivity contribution is 9.10. The van der Waals surface area contributed by atoms with Crippen LogP contribution in [-0.2, 0) is 6.54 Å². The summed E-state index contributed by atoms with van der Waals surface area (Å²) in [5.74, 6) is 1.49. The van der Waals surface area contributed by atoms with Crippen LogP contribution in [0.15, 0.2) is 41.0 Å². The lowest BCUT2D eigenvalue weighted by atomic mass is 10.2. The van der Waals surface area contributed by atoms with Crippen molar-refractivity contribution in [3.05, 3.63) is 52.4 Å². The number of hydrogen-bond donors (Lipinski definition) is 2. The fraction of sp³-hybridized carbons (Fsp3) is 0.400. The summed E-state index contributed by atoms with van der Waals surface area (Å²) in [5, 5.41) is 17.0. The number of carboxylic acid groups (broad SMARTS) is 1. The van der Waals surface area contributed by atoms with Crippen LogP contribution in [0.5, 0.6) is 0 Å². The number of anilines is 2. The van der Waals surface area contributed by atoms with Crippen LogP contribution in [0.4, 0.5) is 21.1 Å². The number of nitrogens with one attached hydrogen (secondary N) is 1. The van der Waals surface area contributed by atoms with E-state index in [2.05, 4.69) is 36.3 Å². The van der Waals surface area contributed by atoms with Gasteiger partial charge in [0, 0.05) is 41.6 Å². The molecule has 10 nitrogen and oxygen atoms in total. The topological polar surface area (TPSA) is 116 Å². The Bertz CT molecular complexity index is 1260. The minimum absolute atomic E-state index is 0.114. The molecule has 2 heterocycles. The summed E-state index contributed by atoms with van der Waals surface area (Å²) < 4.78 is 2.74. The number of carbonyl (C=O) groups excluding carboxylic acids is 1. The van der Waals surface area contributed by atoms with Gasteiger partial charge in [0.1, 0.15) is 11.6 Å². The van der Waals surface area contributed by atoms with Crippen molar-refractivity contribution in [3.63, 3.8) is 0 Å². The number of amides is 3. The summed E-state index contributed by atoms with van der Waals surface area (Å²) >= 11 is 3.53. The number of aryl methyl sites for hydroxylation is 1. The van der Waals surface area contributed by atoms with Crippen molar-refractivity contribution >= 4 is 39.6 Å². The van der Waals surface area contributed by atoms with Crippen molar-refractivity contribution in [2.45, 2.75) is 52.1 Å². The Balaban J connectivity index is 1.51. The number of rotatable bonds is 7. The number of carbonyl (C=O) groups is 2. The first kappa shape index (κ1) is 25.6. The molecule has 1 fully saturated rings. The molecule has 11 heteroatoms. The highest BCUT2D eigenvalue weighted by Gasteiger charge is 2.27. The number of hydrogen-bond acceptors (Lipinski definition) is 5. The van der Waals surface area contributed by atoms with Crippen LogP contribution in [0.25, 0.3) is 11.4 Å². The molecule has 0 unspecified atom stereocenters. The molecule has 190 valence electrons. The van der Waals surface area contributed by atoms with E-state index >= 15 is 0 Å². The average molecular weight is 556 g/mol. The van der Waals surface area contributed by atoms with Gasteiger partial charge in [0.15, 0.2) is 5.82 Å². The molecule has 3 aromatic rings. The zero-order chi connectivity index (χ0) is 25.8. The molecule has 0 bridgehead atoms. The van der Waals surface area contributed by atoms with Crippen LogP contribution < -0.4 is 10.2 Å². The molecule has 0 saturated heterocycles. The minimum Gasteiger partial charge on any atom is -0.465 e. The van der Waals surface area contributed by atoms with Crippen LogP contribution in [0.1, 0.15) is 37.1 Å². The summed E-state index contributed by atoms with van der Waals surface area (Å²) in [6.45, 7) is 4.83. The highest BCUT2D eigenvalue weighted by atomic mass is 79.9. The molecule has 0 spiro atoms. The summed E-state index contributed by atoms with van der Waals surface area (Å²) in [6.07, 6.45) is 4.65. The molecule has 0 atom stereocenters. The zero-order valence-electron chi connectivity index (χ0n) is 20.6. The number of nitrogens with zero attached hydrogens (tertiary/aromatic N) is 6. The summed E-state index contributed by atoms with van der Waals surface area (Å²) in [5.41, 5.74) is 2.45. The van der Waals surface area contributed by atoms with Crippen LogP contribution >= 0.6 is 15.9 Å². The van der Waals surface area contributed by atoms with Gasteiger partial charge >= 0.3 is 12.1 Å². The van der Waals surface area contributed by atoms with Gasteiger partial charge in [0.2, 0.25) is 0 Å². The van der Waals surface area contributed by atoms with E-state index in [-0.39, 0.29) is 12.1 Å². The van der Waals surface area contributed by atoms with E-state index in [1.165, 1.54) is 13.2 Å². The van der Waals surface area contributed by atoms with E-state index < -0.39 is 6.09 Å². The monoisotopic (exact) mass is 555 g/mol. The second-order valence-electron chi connectivity index (χ2n) is 8.92. The second-order valence-corrected chi connectivity index (χ2v) is 9.78. The maximum absolute atomic E-state index is 13.3. The molecular weight excluding hydrogens is 526 g/mol. The normalized spacial score (nSPS) is 13.6. The number of pyridine rings is 1. The molecule has 1 saturated carbocycles. The van der Waals surface area contributed by atoms with Crippen LogP contribution in [0, 0.1) is 13.8 Å². The Labute approximate surface area is 218 Å². The third-order valence-corrected chi connectivity index (χ3v) is 7.44. The smallest absolute Gasteiger partial charge is 0.412 e. The van der Waals surface area contributed by atoms with Gasteiger partial charge in [-0.3, -0.25) is 4.90 Å². The largest absolute Gasteiger partial charge is 0.465 e. The number of benzene rings is 1. The molecule has 0 radical (unpaired) electrons. The van der Waals surface area contributed by atoms with Gasteiger partial charge in [0.05, 0.1) is 6.54 Å². The van der Waals surface area contributed by atoms with Gasteiger partial charge in [0.25, 0.3) is 0 Å². The Kier molecular flexibility index (Phi) is 7.88. The van der Waals surface area contributed by atoms with Gasteiger partial charge in [-0.2, -0.15) is 5.10 Å². The summed E-state index contributed by atoms with van der Waals surface area (Å²) in [7, 11) is 1.43. The Morgan fingerprint density at radius 3 is 2.69 bits per heavy atom. The molecule has 3 amide bonds. The van der Waals surface area contributed by atoms with E-state index in [0.717, 1.165) is 46.3 Å². The first-order valence-electron chi connectivity index (χ1n) is 11.9. The van der Waals surface area contributed by atoms with Crippen molar-refractivity contribution in [1.29, 1.82) is 0 Å². The maximum Gasteiger partial charge on any atom is 0.412 e. The highest BCUT2D eigenvalue weighted by Crippen LogP contribution is 2.27. The van der Waals surface area contributed by atoms with Crippen molar-refractivity contribution in [3.8, 4) is 11.4 Å². The molecule has 4 rings (SSSR count). The molecule has 36 heavy (non-hydrogen) atoms. The van der Waals surface area contributed by atoms with Crippen LogP contribution in [0.3, 0.4) is 0 Å². The van der Waals surface area contributed by atoms with Gasteiger partial charge < -0.3 is 15.3 Å². The van der Waals surface area contributed by atoms with Crippen molar-refractivity contribution < 1.29 is 14.7 Å². The average Bonchev–Trinajstić information content (AvgIpc) is 3.52. The van der Waals surface area contributed by atoms with Gasteiger partial charge in [-0.25, -0.2) is 24.2 Å². The van der Waals surface area contributed by atoms with E-state index in [9.17, 15) is 14.7 Å². The lowest BCUT2D eigenvalue weighted by molar-refractivity contribution is 0.184. The molecule has 2 aromatic heterocycles. The molecule has 2 N–H and O–H groups in total. The van der Waals surface area contributed by atoms with E-state index in [4.69, 9.17) is 0 Å². The van der Waals surface area contributed by atoms with Crippen LogP contribution in [0.2, 0.25) is 0 Å². The molecule has 1 aliphatic rings. The maximum atomic E-state index is 13.3. The third-order valence-electron chi connectivity index (χ3n) is 6.58. The molecule has 0 aliphatic heterocycles. The predicted molar refractivity (Wildman–Crippen MR) is 141 cm³/mol. The number of halogens is 1. The zero-order valence-corrected chi connectivity index (χ0v) is 22.2. The first-order valence-corrected chi connectivity index (χ1v) is 12.7. The number of urea groups is 1. The summed E-state index contributed by atoms with van der Waals surface area (Å²) in [4.78, 5) is 36.3. The fourth-order valence-corrected chi connectivity index (χ4v) is 4.76. The second kappa shape index (κ2) is 11.1. The van der Waals surface area contributed by atoms with Crippen molar-refractivity contribution in [1.82, 2.24) is 24.6 Å². The lowest BCUT2D eigenvalue weighted by Crippen LogP contribution is -2.43. The van der Waals surface area contributed by atoms with Crippen molar-refractivity contribution in [2.75, 3.05) is 23.8 Å². The fourth-order valence-electron chi connectivity index (χ4n) is 4.39. The van der Waals surface area contributed by atoms with Gasteiger partial charge in [-0.1, -0.05) is 34.8 Å². The standard InChI is InChI=1S/C25H30BrN7O3/c1-16-20(26)9-6-10-21(16)29-24(34)32(19-7-4-5-8-19)13-14-33-17(2)28-23(30-33)18-11-12-27-22(15-18)31(3)25(35)36/h6,9-12,15,19H,4-5,7-8,13-14H2,1-3H3,(H,29,34)(H,35,36). The Morgan fingerprint density at radius 2 is 1.97 bits per heavy atom. The van der Waals surface area contributed by atoms with Crippen LogP contribution in [-0.4, -0.2) is 61.5 Å². The van der Waals surface area contributed by atoms with E-state index in [0.29, 0.717) is 36.1 Å². The lowest BCUT2D eigenvalue weighted by Gasteiger charge is -2.29. The Morgan fingerprint density at radius 1 is 1.22 bits per heavy atom. The van der Waals surface area contributed by atoms with Crippen molar-refractivity contribution in [2.24, 2.45) is 0 Å². The molecular formula is C25H30BrN7O3. The SMILES string of the molecule is Cc1c(Br)cccc1NC(=O)N(CCn1nc(-c2ccnc(N(C)C(=O)O)c2)nc1C)C1CCCC1. The third kappa shape index (κ3) is 5.67. The first-order chi connectivity index (χ1) is 17.2. The van der Waals surface area contributed by atoms with E-state index in [1.807, 2.05) is 36.9 Å². The number of aromatic nitrogens is 4. The quantitative estimate of drug-likeness (QED) is 0.408. The molecule has 1 aromatic carbocycles. The van der Waals surface area contributed by atoms with E-state index in [1.54, 1.807) is 16.8 Å². The predicted octanol–water partition coefficient (Wildman–Crippen LogP) is 5.31.